The Morgan fingerprint density at radius 2 is 1.87 bits per heavy atom. The molecule has 2 heterocycles. The van der Waals surface area contributed by atoms with Crippen LogP contribution in [0.2, 0.25) is 5.02 Å². The molecule has 3 aromatic rings. The molecule has 0 bridgehead atoms. The minimum Gasteiger partial charge on any atom is -0.339 e. The Bertz CT molecular complexity index is 1250. The monoisotopic (exact) mass is 475 g/mol. The van der Waals surface area contributed by atoms with E-state index in [1.165, 1.54) is 12.1 Å². The van der Waals surface area contributed by atoms with Crippen molar-refractivity contribution >= 4 is 49.1 Å². The Morgan fingerprint density at radius 3 is 2.61 bits per heavy atom. The van der Waals surface area contributed by atoms with E-state index in [2.05, 4.69) is 4.72 Å². The van der Waals surface area contributed by atoms with Crippen LogP contribution in [0.3, 0.4) is 0 Å². The summed E-state index contributed by atoms with van der Waals surface area (Å²) in [6, 6.07) is 12.1. The molecule has 2 aliphatic rings. The number of hydrogen-bond donors (Lipinski definition) is 1. The molecule has 2 fully saturated rings. The number of thiazole rings is 1. The first-order valence-electron chi connectivity index (χ1n) is 10.4. The molecule has 1 amide bonds. The summed E-state index contributed by atoms with van der Waals surface area (Å²) in [6.45, 7) is 1.25. The lowest BCUT2D eigenvalue weighted by Crippen LogP contribution is -2.38. The lowest BCUT2D eigenvalue weighted by molar-refractivity contribution is 0.0712. The van der Waals surface area contributed by atoms with E-state index >= 15 is 0 Å². The van der Waals surface area contributed by atoms with Crippen LogP contribution in [0, 0.1) is 0 Å². The zero-order chi connectivity index (χ0) is 21.6. The van der Waals surface area contributed by atoms with Crippen molar-refractivity contribution in [3.05, 3.63) is 58.1 Å². The third kappa shape index (κ3) is 4.48. The predicted octanol–water partition coefficient (Wildman–Crippen LogP) is 4.41. The first-order chi connectivity index (χ1) is 14.9. The van der Waals surface area contributed by atoms with Gasteiger partial charge in [0.1, 0.15) is 0 Å². The Labute approximate surface area is 190 Å². The lowest BCUT2D eigenvalue weighted by atomic mass is 9.97. The summed E-state index contributed by atoms with van der Waals surface area (Å²) in [4.78, 5) is 19.7. The van der Waals surface area contributed by atoms with Crippen molar-refractivity contribution in [3.63, 3.8) is 0 Å². The van der Waals surface area contributed by atoms with Gasteiger partial charge in [-0.1, -0.05) is 17.7 Å². The van der Waals surface area contributed by atoms with E-state index < -0.39 is 10.0 Å². The fourth-order valence-corrected chi connectivity index (χ4v) is 6.52. The highest BCUT2D eigenvalue weighted by Gasteiger charge is 2.30. The summed E-state index contributed by atoms with van der Waals surface area (Å²) in [5.41, 5.74) is 1.33. The average Bonchev–Trinajstić information content (AvgIpc) is 3.47. The largest absolute Gasteiger partial charge is 0.339 e. The number of rotatable bonds is 5. The molecule has 0 spiro atoms. The number of halogens is 1. The zero-order valence-corrected chi connectivity index (χ0v) is 19.1. The van der Waals surface area contributed by atoms with Crippen molar-refractivity contribution in [2.75, 3.05) is 13.1 Å². The molecule has 1 saturated carbocycles. The molecular weight excluding hydrogens is 454 g/mol. The molecule has 1 aliphatic carbocycles. The van der Waals surface area contributed by atoms with E-state index in [1.54, 1.807) is 28.4 Å². The fraction of sp³-hybridized carbons (Fsp3) is 0.364. The summed E-state index contributed by atoms with van der Waals surface area (Å²) < 4.78 is 28.7. The number of hydrogen-bond acceptors (Lipinski definition) is 5. The highest BCUT2D eigenvalue weighted by molar-refractivity contribution is 7.89. The lowest BCUT2D eigenvalue weighted by Gasteiger charge is -2.31. The van der Waals surface area contributed by atoms with Gasteiger partial charge in [-0.15, -0.1) is 11.3 Å². The molecular formula is C22H22ClN3O3S2. The quantitative estimate of drug-likeness (QED) is 0.592. The molecule has 1 aliphatic heterocycles. The molecule has 1 N–H and O–H groups in total. The number of piperidine rings is 1. The molecule has 31 heavy (non-hydrogen) atoms. The van der Waals surface area contributed by atoms with Gasteiger partial charge >= 0.3 is 0 Å². The van der Waals surface area contributed by atoms with Crippen LogP contribution in [-0.4, -0.2) is 43.3 Å². The second-order valence-corrected chi connectivity index (χ2v) is 11.4. The second-order valence-electron chi connectivity index (χ2n) is 8.15. The number of benzene rings is 2. The summed E-state index contributed by atoms with van der Waals surface area (Å²) in [5, 5.41) is 1.77. The molecule has 5 rings (SSSR count). The Balaban J connectivity index is 1.27. The normalized spacial score (nSPS) is 17.9. The summed E-state index contributed by atoms with van der Waals surface area (Å²) in [5.74, 6) is 0.188. The maximum Gasteiger partial charge on any atom is 0.253 e. The van der Waals surface area contributed by atoms with E-state index in [0.717, 1.165) is 40.9 Å². The van der Waals surface area contributed by atoms with Crippen LogP contribution < -0.4 is 4.72 Å². The van der Waals surface area contributed by atoms with Gasteiger partial charge in [-0.2, -0.15) is 0 Å². The Kier molecular flexibility index (Phi) is 5.50. The predicted molar refractivity (Wildman–Crippen MR) is 122 cm³/mol. The number of amides is 1. The van der Waals surface area contributed by atoms with Gasteiger partial charge in [0.05, 0.1) is 20.1 Å². The van der Waals surface area contributed by atoms with Crippen molar-refractivity contribution in [2.24, 2.45) is 0 Å². The molecule has 2 aromatic carbocycles. The number of likely N-dealkylation sites (tertiary alicyclic amines) is 1. The van der Waals surface area contributed by atoms with E-state index in [1.807, 2.05) is 18.2 Å². The highest BCUT2D eigenvalue weighted by Crippen LogP contribution is 2.35. The molecule has 1 saturated heterocycles. The third-order valence-corrected chi connectivity index (χ3v) is 8.74. The maximum atomic E-state index is 13.0. The third-order valence-electron chi connectivity index (χ3n) is 5.79. The Hall–Kier alpha value is -2.00. The van der Waals surface area contributed by atoms with E-state index in [-0.39, 0.29) is 16.8 Å². The van der Waals surface area contributed by atoms with Gasteiger partial charge in [0.25, 0.3) is 5.91 Å². The summed E-state index contributed by atoms with van der Waals surface area (Å²) >= 11 is 7.76. The zero-order valence-electron chi connectivity index (χ0n) is 16.8. The number of carbonyl (C=O) groups is 1. The smallest absolute Gasteiger partial charge is 0.253 e. The van der Waals surface area contributed by atoms with Gasteiger partial charge in [0, 0.05) is 35.6 Å². The van der Waals surface area contributed by atoms with Crippen molar-refractivity contribution in [2.45, 2.75) is 42.5 Å². The van der Waals surface area contributed by atoms with Crippen molar-refractivity contribution in [3.8, 4) is 0 Å². The van der Waals surface area contributed by atoms with Crippen molar-refractivity contribution in [1.82, 2.24) is 14.6 Å². The van der Waals surface area contributed by atoms with E-state index in [0.29, 0.717) is 29.6 Å². The molecule has 0 unspecified atom stereocenters. The number of fused-ring (bicyclic) bond motifs is 1. The van der Waals surface area contributed by atoms with Crippen LogP contribution >= 0.6 is 22.9 Å². The first-order valence-corrected chi connectivity index (χ1v) is 13.0. The van der Waals surface area contributed by atoms with Crippen LogP contribution in [0.1, 0.15) is 47.0 Å². The van der Waals surface area contributed by atoms with Gasteiger partial charge in [-0.3, -0.25) is 4.79 Å². The van der Waals surface area contributed by atoms with Gasteiger partial charge in [0.2, 0.25) is 10.0 Å². The minimum atomic E-state index is -3.58. The molecule has 6 nitrogen and oxygen atoms in total. The highest BCUT2D eigenvalue weighted by atomic mass is 35.5. The van der Waals surface area contributed by atoms with Crippen molar-refractivity contribution in [1.29, 1.82) is 0 Å². The SMILES string of the molecule is O=C(c1cccc(S(=O)(=O)NC2CC2)c1)N1CCC(c2nc3cc(Cl)ccc3s2)CC1. The number of sulfonamides is 1. The molecule has 0 radical (unpaired) electrons. The Morgan fingerprint density at radius 1 is 1.10 bits per heavy atom. The van der Waals surface area contributed by atoms with Crippen LogP contribution in [0.25, 0.3) is 10.2 Å². The number of nitrogens with one attached hydrogen (secondary N) is 1. The molecule has 9 heteroatoms. The number of nitrogens with zero attached hydrogens (tertiary/aromatic N) is 2. The summed E-state index contributed by atoms with van der Waals surface area (Å²) in [7, 11) is -3.58. The fourth-order valence-electron chi connectivity index (χ4n) is 3.89. The average molecular weight is 476 g/mol. The van der Waals surface area contributed by atoms with Crippen LogP contribution in [-0.2, 0) is 10.0 Å². The maximum absolute atomic E-state index is 13.0. The second kappa shape index (κ2) is 8.16. The van der Waals surface area contributed by atoms with E-state index in [9.17, 15) is 13.2 Å². The van der Waals surface area contributed by atoms with Gasteiger partial charge < -0.3 is 4.90 Å². The van der Waals surface area contributed by atoms with Gasteiger partial charge in [-0.25, -0.2) is 18.1 Å². The van der Waals surface area contributed by atoms with Crippen LogP contribution in [0.4, 0.5) is 0 Å². The van der Waals surface area contributed by atoms with Crippen molar-refractivity contribution < 1.29 is 13.2 Å². The molecule has 162 valence electrons. The standard InChI is InChI=1S/C22H22ClN3O3S2/c23-16-4-7-20-19(13-16)24-21(30-20)14-8-10-26(11-9-14)22(27)15-2-1-3-18(12-15)31(28,29)25-17-5-6-17/h1-4,7,12-14,17,25H,5-6,8-11H2. The topological polar surface area (TPSA) is 79.4 Å². The van der Waals surface area contributed by atoms with Gasteiger partial charge in [-0.05, 0) is 62.1 Å². The molecule has 1 aromatic heterocycles. The van der Waals surface area contributed by atoms with Gasteiger partial charge in [0.15, 0.2) is 0 Å². The van der Waals surface area contributed by atoms with Crippen LogP contribution in [0.5, 0.6) is 0 Å². The van der Waals surface area contributed by atoms with E-state index in [4.69, 9.17) is 16.6 Å². The number of carbonyl (C=O) groups excluding carboxylic acids is 1. The first kappa shape index (κ1) is 20.9. The number of aromatic nitrogens is 1. The minimum absolute atomic E-state index is 0.0296. The molecule has 0 atom stereocenters. The summed E-state index contributed by atoms with van der Waals surface area (Å²) in [6.07, 6.45) is 3.41. The van der Waals surface area contributed by atoms with Crippen LogP contribution in [0.15, 0.2) is 47.4 Å².